The lowest BCUT2D eigenvalue weighted by atomic mass is 10.3. The second-order valence-corrected chi connectivity index (χ2v) is 4.43. The second kappa shape index (κ2) is 7.19. The van der Waals surface area contributed by atoms with E-state index in [-0.39, 0.29) is 5.91 Å². The molecule has 0 aliphatic rings. The van der Waals surface area contributed by atoms with Gasteiger partial charge < -0.3 is 9.64 Å². The smallest absolute Gasteiger partial charge is 0.246 e. The van der Waals surface area contributed by atoms with Crippen LogP contribution in [0.3, 0.4) is 0 Å². The summed E-state index contributed by atoms with van der Waals surface area (Å²) in [5.41, 5.74) is 0. The summed E-state index contributed by atoms with van der Waals surface area (Å²) in [5, 5.41) is 1.99. The molecule has 3 nitrogen and oxygen atoms in total. The maximum Gasteiger partial charge on any atom is 0.246 e. The quantitative estimate of drug-likeness (QED) is 0.563. The maximum atomic E-state index is 11.6. The van der Waals surface area contributed by atoms with Gasteiger partial charge in [-0.3, -0.25) is 4.79 Å². The van der Waals surface area contributed by atoms with Gasteiger partial charge in [-0.25, -0.2) is 0 Å². The summed E-state index contributed by atoms with van der Waals surface area (Å²) in [6.45, 7) is 1.41. The Morgan fingerprint density at radius 1 is 1.62 bits per heavy atom. The molecule has 0 fully saturated rings. The topological polar surface area (TPSA) is 29.5 Å². The van der Waals surface area contributed by atoms with E-state index < -0.39 is 0 Å². The zero-order valence-electron chi connectivity index (χ0n) is 9.68. The monoisotopic (exact) mass is 239 g/mol. The number of hydrogen-bond acceptors (Lipinski definition) is 3. The summed E-state index contributed by atoms with van der Waals surface area (Å²) in [7, 11) is 3.47. The molecule has 0 bridgehead atoms. The normalized spacial score (nSPS) is 10.9. The van der Waals surface area contributed by atoms with Crippen molar-refractivity contribution in [2.45, 2.75) is 6.42 Å². The summed E-state index contributed by atoms with van der Waals surface area (Å²) in [6, 6.07) is 3.95. The molecule has 0 aliphatic carbocycles. The fourth-order valence-corrected chi connectivity index (χ4v) is 1.84. The summed E-state index contributed by atoms with van der Waals surface area (Å²) in [4.78, 5) is 14.4. The molecule has 1 heterocycles. The number of carbonyl (C=O) groups excluding carboxylic acids is 1. The molecule has 1 rings (SSSR count). The van der Waals surface area contributed by atoms with Crippen molar-refractivity contribution in [3.8, 4) is 0 Å². The van der Waals surface area contributed by atoms with Gasteiger partial charge in [-0.2, -0.15) is 0 Å². The van der Waals surface area contributed by atoms with Gasteiger partial charge in [-0.15, -0.1) is 11.3 Å². The van der Waals surface area contributed by atoms with Gasteiger partial charge in [0, 0.05) is 38.3 Å². The van der Waals surface area contributed by atoms with Crippen LogP contribution >= 0.6 is 11.3 Å². The van der Waals surface area contributed by atoms with Crippen molar-refractivity contribution in [3.05, 3.63) is 28.5 Å². The van der Waals surface area contributed by atoms with Crippen molar-refractivity contribution in [1.82, 2.24) is 4.90 Å². The lowest BCUT2D eigenvalue weighted by Crippen LogP contribution is -2.26. The van der Waals surface area contributed by atoms with Gasteiger partial charge in [-0.1, -0.05) is 6.07 Å². The summed E-state index contributed by atoms with van der Waals surface area (Å²) in [5.74, 6) is 0.0319. The van der Waals surface area contributed by atoms with Gasteiger partial charge >= 0.3 is 0 Å². The molecule has 0 aromatic carbocycles. The molecule has 0 saturated heterocycles. The maximum absolute atomic E-state index is 11.6. The third-order valence-corrected chi connectivity index (χ3v) is 2.99. The van der Waals surface area contributed by atoms with E-state index in [4.69, 9.17) is 4.74 Å². The van der Waals surface area contributed by atoms with Gasteiger partial charge in [0.2, 0.25) is 5.91 Å². The molecule has 88 valence electrons. The Morgan fingerprint density at radius 3 is 3.06 bits per heavy atom. The Bertz CT molecular complexity index is 333. The molecule has 4 heteroatoms. The largest absolute Gasteiger partial charge is 0.385 e. The molecule has 0 radical (unpaired) electrons. The van der Waals surface area contributed by atoms with Crippen LogP contribution in [0.1, 0.15) is 11.3 Å². The Hall–Kier alpha value is -1.13. The molecule has 0 saturated carbocycles. The van der Waals surface area contributed by atoms with Gasteiger partial charge in [-0.05, 0) is 23.9 Å². The lowest BCUT2D eigenvalue weighted by molar-refractivity contribution is -0.124. The Morgan fingerprint density at radius 2 is 2.44 bits per heavy atom. The van der Waals surface area contributed by atoms with Gasteiger partial charge in [0.15, 0.2) is 0 Å². The first-order valence-corrected chi connectivity index (χ1v) is 6.07. The van der Waals surface area contributed by atoms with E-state index in [1.807, 2.05) is 23.6 Å². The average Bonchev–Trinajstić information content (AvgIpc) is 2.79. The molecular weight excluding hydrogens is 222 g/mol. The van der Waals surface area contributed by atoms with Crippen LogP contribution in [0.4, 0.5) is 0 Å². The minimum Gasteiger partial charge on any atom is -0.385 e. The number of likely N-dealkylation sites (N-methyl/N-ethyl adjacent to an activating group) is 1. The van der Waals surface area contributed by atoms with Crippen molar-refractivity contribution in [1.29, 1.82) is 0 Å². The Kier molecular flexibility index (Phi) is 5.82. The van der Waals surface area contributed by atoms with E-state index >= 15 is 0 Å². The fourth-order valence-electron chi connectivity index (χ4n) is 1.22. The highest BCUT2D eigenvalue weighted by atomic mass is 32.1. The van der Waals surface area contributed by atoms with Crippen LogP contribution in [0.5, 0.6) is 0 Å². The van der Waals surface area contributed by atoms with E-state index in [0.29, 0.717) is 6.61 Å². The number of methoxy groups -OCH3 is 1. The zero-order chi connectivity index (χ0) is 11.8. The van der Waals surface area contributed by atoms with Crippen LogP contribution in [0, 0.1) is 0 Å². The second-order valence-electron chi connectivity index (χ2n) is 3.45. The number of nitrogens with zero attached hydrogens (tertiary/aromatic N) is 1. The first-order chi connectivity index (χ1) is 7.74. The number of hydrogen-bond donors (Lipinski definition) is 0. The number of rotatable bonds is 6. The molecule has 16 heavy (non-hydrogen) atoms. The van der Waals surface area contributed by atoms with Crippen LogP contribution in [0.15, 0.2) is 23.6 Å². The Balaban J connectivity index is 2.34. The van der Waals surface area contributed by atoms with Crippen molar-refractivity contribution in [3.63, 3.8) is 0 Å². The number of carbonyl (C=O) groups is 1. The minimum absolute atomic E-state index is 0.0319. The molecule has 0 unspecified atom stereocenters. The minimum atomic E-state index is 0.0319. The van der Waals surface area contributed by atoms with Crippen molar-refractivity contribution in [2.75, 3.05) is 27.3 Å². The molecule has 0 spiro atoms. The van der Waals surface area contributed by atoms with E-state index in [1.165, 1.54) is 0 Å². The standard InChI is InChI=1S/C12H17NO2S/c1-13(8-4-9-15-2)12(14)7-6-11-5-3-10-16-11/h3,5-7,10H,4,8-9H2,1-2H3/b7-6+. The van der Waals surface area contributed by atoms with Crippen LogP contribution in [-0.2, 0) is 9.53 Å². The first-order valence-electron chi connectivity index (χ1n) is 5.19. The highest BCUT2D eigenvalue weighted by Crippen LogP contribution is 2.10. The van der Waals surface area contributed by atoms with Gasteiger partial charge in [0.05, 0.1) is 0 Å². The van der Waals surface area contributed by atoms with E-state index in [0.717, 1.165) is 17.8 Å². The average molecular weight is 239 g/mol. The van der Waals surface area contributed by atoms with Crippen LogP contribution in [0.2, 0.25) is 0 Å². The van der Waals surface area contributed by atoms with E-state index in [1.54, 1.807) is 36.5 Å². The van der Waals surface area contributed by atoms with E-state index in [9.17, 15) is 4.79 Å². The SMILES string of the molecule is COCCCN(C)C(=O)/C=C/c1cccs1. The molecular formula is C12H17NO2S. The first kappa shape index (κ1) is 12.9. The molecule has 1 aromatic heterocycles. The Labute approximate surface area is 100 Å². The summed E-state index contributed by atoms with van der Waals surface area (Å²) >= 11 is 1.62. The third-order valence-electron chi connectivity index (χ3n) is 2.15. The van der Waals surface area contributed by atoms with Crippen molar-refractivity contribution in [2.24, 2.45) is 0 Å². The molecule has 0 atom stereocenters. The lowest BCUT2D eigenvalue weighted by Gasteiger charge is -2.14. The van der Waals surface area contributed by atoms with Crippen molar-refractivity contribution < 1.29 is 9.53 Å². The van der Waals surface area contributed by atoms with Gasteiger partial charge in [0.25, 0.3) is 0 Å². The van der Waals surface area contributed by atoms with E-state index in [2.05, 4.69) is 0 Å². The summed E-state index contributed by atoms with van der Waals surface area (Å²) in [6.07, 6.45) is 4.32. The van der Waals surface area contributed by atoms with Crippen LogP contribution < -0.4 is 0 Å². The highest BCUT2D eigenvalue weighted by molar-refractivity contribution is 7.10. The molecule has 0 N–H and O–H groups in total. The van der Waals surface area contributed by atoms with Crippen LogP contribution in [0.25, 0.3) is 6.08 Å². The third kappa shape index (κ3) is 4.59. The van der Waals surface area contributed by atoms with Crippen molar-refractivity contribution >= 4 is 23.3 Å². The molecule has 0 aliphatic heterocycles. The number of amides is 1. The summed E-state index contributed by atoms with van der Waals surface area (Å²) < 4.78 is 4.94. The number of thiophene rings is 1. The highest BCUT2D eigenvalue weighted by Gasteiger charge is 2.03. The van der Waals surface area contributed by atoms with Crippen LogP contribution in [-0.4, -0.2) is 38.1 Å². The number of ether oxygens (including phenoxy) is 1. The molecule has 1 aromatic rings. The predicted molar refractivity (Wildman–Crippen MR) is 67.5 cm³/mol. The fraction of sp³-hybridized carbons (Fsp3) is 0.417. The van der Waals surface area contributed by atoms with Gasteiger partial charge in [0.1, 0.15) is 0 Å². The molecule has 1 amide bonds. The predicted octanol–water partition coefficient (Wildman–Crippen LogP) is 2.26. The zero-order valence-corrected chi connectivity index (χ0v) is 10.5.